The van der Waals surface area contributed by atoms with Crippen LogP contribution in [0, 0.1) is 5.92 Å². The maximum Gasteiger partial charge on any atom is 0.123 e. The van der Waals surface area contributed by atoms with Gasteiger partial charge in [-0.1, -0.05) is 27.2 Å². The first-order valence-corrected chi connectivity index (χ1v) is 7.38. The van der Waals surface area contributed by atoms with Crippen LogP contribution in [0.15, 0.2) is 18.2 Å². The summed E-state index contributed by atoms with van der Waals surface area (Å²) in [5, 5.41) is 0. The zero-order valence-electron chi connectivity index (χ0n) is 12.8. The van der Waals surface area contributed by atoms with E-state index in [1.807, 2.05) is 12.1 Å². The molecule has 1 unspecified atom stereocenters. The minimum absolute atomic E-state index is 0.682. The van der Waals surface area contributed by atoms with Gasteiger partial charge in [-0.05, 0) is 25.3 Å². The van der Waals surface area contributed by atoms with Crippen LogP contribution in [0.25, 0.3) is 0 Å². The molecule has 3 nitrogen and oxygen atoms in total. The Morgan fingerprint density at radius 2 is 1.95 bits per heavy atom. The predicted octanol–water partition coefficient (Wildman–Crippen LogP) is 3.93. The van der Waals surface area contributed by atoms with Gasteiger partial charge in [-0.15, -0.1) is 0 Å². The van der Waals surface area contributed by atoms with Crippen molar-refractivity contribution in [2.24, 2.45) is 5.92 Å². The molecule has 1 aromatic rings. The standard InChI is InChI=1S/C16H28N2O/c1-5-8-19-16-10-14(17)9-15(11-16)18(7-3)12-13(4)6-2/h9-11,13H,5-8,12,17H2,1-4H3. The van der Waals surface area contributed by atoms with Crippen molar-refractivity contribution >= 4 is 11.4 Å². The highest BCUT2D eigenvalue weighted by molar-refractivity contribution is 5.60. The van der Waals surface area contributed by atoms with E-state index in [4.69, 9.17) is 10.5 Å². The summed E-state index contributed by atoms with van der Waals surface area (Å²) in [4.78, 5) is 2.36. The number of hydrogen-bond donors (Lipinski definition) is 1. The van der Waals surface area contributed by atoms with Gasteiger partial charge in [0.1, 0.15) is 5.75 Å². The predicted molar refractivity (Wildman–Crippen MR) is 84.0 cm³/mol. The molecular formula is C16H28N2O. The number of hydrogen-bond acceptors (Lipinski definition) is 3. The SMILES string of the molecule is CCCOc1cc(N)cc(N(CC)CC(C)CC)c1. The summed E-state index contributed by atoms with van der Waals surface area (Å²) < 4.78 is 5.70. The van der Waals surface area contributed by atoms with E-state index in [2.05, 4.69) is 38.7 Å². The monoisotopic (exact) mass is 264 g/mol. The van der Waals surface area contributed by atoms with Crippen molar-refractivity contribution in [3.63, 3.8) is 0 Å². The molecular weight excluding hydrogens is 236 g/mol. The number of rotatable bonds is 8. The fraction of sp³-hybridized carbons (Fsp3) is 0.625. The molecule has 2 N–H and O–H groups in total. The minimum atomic E-state index is 0.682. The van der Waals surface area contributed by atoms with Crippen molar-refractivity contribution in [3.8, 4) is 5.75 Å². The molecule has 1 aromatic carbocycles. The second-order valence-corrected chi connectivity index (χ2v) is 5.16. The summed E-state index contributed by atoms with van der Waals surface area (Å²) >= 11 is 0. The van der Waals surface area contributed by atoms with Gasteiger partial charge >= 0.3 is 0 Å². The van der Waals surface area contributed by atoms with Crippen LogP contribution in [0.1, 0.15) is 40.5 Å². The Labute approximate surface area is 117 Å². The average Bonchev–Trinajstić information content (AvgIpc) is 2.41. The zero-order chi connectivity index (χ0) is 14.3. The summed E-state index contributed by atoms with van der Waals surface area (Å²) in [6.45, 7) is 11.6. The Morgan fingerprint density at radius 1 is 1.21 bits per heavy atom. The molecule has 1 atom stereocenters. The molecule has 0 aliphatic heterocycles. The molecule has 3 heteroatoms. The fourth-order valence-electron chi connectivity index (χ4n) is 2.01. The van der Waals surface area contributed by atoms with Gasteiger partial charge in [0.15, 0.2) is 0 Å². The van der Waals surface area contributed by atoms with E-state index < -0.39 is 0 Å². The van der Waals surface area contributed by atoms with Crippen molar-refractivity contribution in [1.29, 1.82) is 0 Å². The van der Waals surface area contributed by atoms with Crippen LogP contribution in [-0.2, 0) is 0 Å². The van der Waals surface area contributed by atoms with Crippen LogP contribution < -0.4 is 15.4 Å². The molecule has 108 valence electrons. The molecule has 0 saturated heterocycles. The molecule has 0 heterocycles. The minimum Gasteiger partial charge on any atom is -0.493 e. The number of ether oxygens (including phenoxy) is 1. The zero-order valence-corrected chi connectivity index (χ0v) is 12.8. The first-order chi connectivity index (χ1) is 9.10. The van der Waals surface area contributed by atoms with Crippen LogP contribution in [0.2, 0.25) is 0 Å². The number of anilines is 2. The second kappa shape index (κ2) is 7.93. The maximum atomic E-state index is 5.98. The number of nitrogen functional groups attached to an aromatic ring is 1. The highest BCUT2D eigenvalue weighted by Gasteiger charge is 2.10. The molecule has 19 heavy (non-hydrogen) atoms. The van der Waals surface area contributed by atoms with E-state index in [0.717, 1.165) is 43.2 Å². The van der Waals surface area contributed by atoms with Crippen LogP contribution in [0.5, 0.6) is 5.75 Å². The third-order valence-corrected chi connectivity index (χ3v) is 3.36. The highest BCUT2D eigenvalue weighted by Crippen LogP contribution is 2.26. The van der Waals surface area contributed by atoms with E-state index >= 15 is 0 Å². The number of nitrogens with zero attached hydrogens (tertiary/aromatic N) is 1. The first kappa shape index (κ1) is 15.7. The van der Waals surface area contributed by atoms with Gasteiger partial charge in [0.05, 0.1) is 6.61 Å². The lowest BCUT2D eigenvalue weighted by Gasteiger charge is -2.27. The summed E-state index contributed by atoms with van der Waals surface area (Å²) in [5.41, 5.74) is 7.91. The third-order valence-electron chi connectivity index (χ3n) is 3.36. The van der Waals surface area contributed by atoms with Crippen LogP contribution >= 0.6 is 0 Å². The molecule has 0 fully saturated rings. The topological polar surface area (TPSA) is 38.5 Å². The van der Waals surface area contributed by atoms with Gasteiger partial charge in [0, 0.05) is 36.6 Å². The maximum absolute atomic E-state index is 5.98. The molecule has 0 aromatic heterocycles. The lowest BCUT2D eigenvalue weighted by atomic mass is 10.1. The van der Waals surface area contributed by atoms with E-state index in [-0.39, 0.29) is 0 Å². The first-order valence-electron chi connectivity index (χ1n) is 7.38. The van der Waals surface area contributed by atoms with Crippen molar-refractivity contribution in [2.45, 2.75) is 40.5 Å². The second-order valence-electron chi connectivity index (χ2n) is 5.16. The highest BCUT2D eigenvalue weighted by atomic mass is 16.5. The molecule has 0 radical (unpaired) electrons. The Hall–Kier alpha value is -1.38. The fourth-order valence-corrected chi connectivity index (χ4v) is 2.01. The number of benzene rings is 1. The largest absolute Gasteiger partial charge is 0.493 e. The van der Waals surface area contributed by atoms with Crippen molar-refractivity contribution in [3.05, 3.63) is 18.2 Å². The van der Waals surface area contributed by atoms with Gasteiger partial charge in [-0.25, -0.2) is 0 Å². The smallest absolute Gasteiger partial charge is 0.123 e. The van der Waals surface area contributed by atoms with E-state index in [1.165, 1.54) is 6.42 Å². The Kier molecular flexibility index (Phi) is 6.54. The molecule has 0 amide bonds. The molecule has 0 aliphatic carbocycles. The van der Waals surface area contributed by atoms with E-state index in [1.54, 1.807) is 0 Å². The average molecular weight is 264 g/mol. The number of nitrogens with two attached hydrogens (primary N) is 1. The summed E-state index contributed by atoms with van der Waals surface area (Å²) in [5.74, 6) is 1.56. The van der Waals surface area contributed by atoms with Crippen molar-refractivity contribution < 1.29 is 4.74 Å². The molecule has 0 spiro atoms. The van der Waals surface area contributed by atoms with Crippen LogP contribution in [0.3, 0.4) is 0 Å². The Balaban J connectivity index is 2.86. The van der Waals surface area contributed by atoms with Gasteiger partial charge in [0.2, 0.25) is 0 Å². The summed E-state index contributed by atoms with van der Waals surface area (Å²) in [6, 6.07) is 6.03. The Bertz CT molecular complexity index is 379. The van der Waals surface area contributed by atoms with Crippen LogP contribution in [-0.4, -0.2) is 19.7 Å². The molecule has 1 rings (SSSR count). The van der Waals surface area contributed by atoms with Crippen LogP contribution in [0.4, 0.5) is 11.4 Å². The van der Waals surface area contributed by atoms with Crippen molar-refractivity contribution in [2.75, 3.05) is 30.3 Å². The molecule has 0 saturated carbocycles. The van der Waals surface area contributed by atoms with Gasteiger partial charge in [-0.3, -0.25) is 0 Å². The lowest BCUT2D eigenvalue weighted by molar-refractivity contribution is 0.317. The van der Waals surface area contributed by atoms with Gasteiger partial charge < -0.3 is 15.4 Å². The van der Waals surface area contributed by atoms with Gasteiger partial charge in [-0.2, -0.15) is 0 Å². The van der Waals surface area contributed by atoms with Crippen molar-refractivity contribution in [1.82, 2.24) is 0 Å². The summed E-state index contributed by atoms with van der Waals surface area (Å²) in [6.07, 6.45) is 2.20. The van der Waals surface area contributed by atoms with Gasteiger partial charge in [0.25, 0.3) is 0 Å². The Morgan fingerprint density at radius 3 is 2.53 bits per heavy atom. The normalized spacial score (nSPS) is 12.2. The molecule has 0 bridgehead atoms. The van der Waals surface area contributed by atoms with E-state index in [9.17, 15) is 0 Å². The quantitative estimate of drug-likeness (QED) is 0.723. The molecule has 0 aliphatic rings. The lowest BCUT2D eigenvalue weighted by Crippen LogP contribution is -2.28. The van der Waals surface area contributed by atoms with E-state index in [0.29, 0.717) is 5.92 Å². The third kappa shape index (κ3) is 5.01. The summed E-state index contributed by atoms with van der Waals surface area (Å²) in [7, 11) is 0.